The average Bonchev–Trinajstić information content (AvgIpc) is 2.26. The highest BCUT2D eigenvalue weighted by Crippen LogP contribution is 2.08. The number of carbonyl (C=O) groups is 1. The number of likely N-dealkylation sites (N-methyl/N-ethyl adjacent to an activating group) is 1. The van der Waals surface area contributed by atoms with E-state index in [0.29, 0.717) is 5.96 Å². The van der Waals surface area contributed by atoms with E-state index in [1.807, 2.05) is 16.7 Å². The molecular weight excluding hydrogens is 200 g/mol. The maximum Gasteiger partial charge on any atom is 0.241 e. The average molecular weight is 216 g/mol. The fraction of sp³-hybridized carbons (Fsp3) is 0.750. The van der Waals surface area contributed by atoms with Gasteiger partial charge in [0.05, 0.1) is 0 Å². The molecule has 0 aromatic heterocycles. The van der Waals surface area contributed by atoms with Gasteiger partial charge >= 0.3 is 0 Å². The number of nitrogens with one attached hydrogen (secondary N) is 1. The Kier molecular flexibility index (Phi) is 4.58. The number of carbonyl (C=O) groups excluding carboxylic acids is 1. The molecule has 1 rings (SSSR count). The second kappa shape index (κ2) is 5.74. The number of nitrogens with two attached hydrogens (primary N) is 1. The van der Waals surface area contributed by atoms with E-state index in [4.69, 9.17) is 5.73 Å². The number of guanidine groups is 1. The predicted molar refractivity (Wildman–Crippen MR) is 59.5 cm³/mol. The van der Waals surface area contributed by atoms with Gasteiger partial charge in [-0.1, -0.05) is 0 Å². The van der Waals surface area contributed by atoms with Gasteiger partial charge in [-0.2, -0.15) is 11.8 Å². The van der Waals surface area contributed by atoms with Gasteiger partial charge in [0, 0.05) is 31.6 Å². The number of nitrogens with zero attached hydrogens (tertiary/aromatic N) is 2. The van der Waals surface area contributed by atoms with Crippen LogP contribution in [0.3, 0.4) is 0 Å². The van der Waals surface area contributed by atoms with Crippen molar-refractivity contribution in [3.63, 3.8) is 0 Å². The van der Waals surface area contributed by atoms with Crippen LogP contribution < -0.4 is 11.1 Å². The first-order valence-corrected chi connectivity index (χ1v) is 5.72. The summed E-state index contributed by atoms with van der Waals surface area (Å²) < 4.78 is 0. The molecule has 5 nitrogen and oxygen atoms in total. The molecule has 1 amide bonds. The highest BCUT2D eigenvalue weighted by atomic mass is 32.2. The van der Waals surface area contributed by atoms with Crippen molar-refractivity contribution in [1.29, 1.82) is 0 Å². The highest BCUT2D eigenvalue weighted by Gasteiger charge is 2.12. The van der Waals surface area contributed by atoms with Crippen molar-refractivity contribution in [1.82, 2.24) is 10.2 Å². The first kappa shape index (κ1) is 11.2. The number of hydrogen-bond acceptors (Lipinski definition) is 3. The van der Waals surface area contributed by atoms with E-state index in [-0.39, 0.29) is 12.5 Å². The second-order valence-corrected chi connectivity index (χ2v) is 4.17. The van der Waals surface area contributed by atoms with Crippen LogP contribution in [0.15, 0.2) is 4.99 Å². The summed E-state index contributed by atoms with van der Waals surface area (Å²) in [5.74, 6) is 2.53. The minimum absolute atomic E-state index is 0.112. The molecule has 6 heteroatoms. The molecule has 0 radical (unpaired) electrons. The van der Waals surface area contributed by atoms with Crippen LogP contribution in [0.4, 0.5) is 0 Å². The Balaban J connectivity index is 2.37. The summed E-state index contributed by atoms with van der Waals surface area (Å²) in [6.45, 7) is 1.97. The van der Waals surface area contributed by atoms with E-state index in [9.17, 15) is 4.79 Å². The lowest BCUT2D eigenvalue weighted by atomic mass is 10.5. The van der Waals surface area contributed by atoms with Gasteiger partial charge in [-0.05, 0) is 0 Å². The van der Waals surface area contributed by atoms with Gasteiger partial charge in [-0.25, -0.2) is 4.99 Å². The van der Waals surface area contributed by atoms with Crippen molar-refractivity contribution in [2.45, 2.75) is 0 Å². The molecule has 0 saturated carbocycles. The molecular formula is C8H16N4OS. The summed E-state index contributed by atoms with van der Waals surface area (Å²) in [6, 6.07) is 0. The zero-order chi connectivity index (χ0) is 10.4. The molecule has 1 saturated heterocycles. The van der Waals surface area contributed by atoms with E-state index < -0.39 is 0 Å². The number of aliphatic imine (C=N–C) groups is 1. The molecule has 80 valence electrons. The van der Waals surface area contributed by atoms with Crippen molar-refractivity contribution in [2.24, 2.45) is 10.7 Å². The summed E-state index contributed by atoms with van der Waals surface area (Å²) >= 11 is 1.91. The molecule has 0 unspecified atom stereocenters. The van der Waals surface area contributed by atoms with Crippen LogP contribution in [0, 0.1) is 0 Å². The van der Waals surface area contributed by atoms with Crippen LogP contribution in [-0.2, 0) is 4.79 Å². The molecule has 0 spiro atoms. The van der Waals surface area contributed by atoms with Crippen molar-refractivity contribution < 1.29 is 4.79 Å². The number of rotatable bonds is 2. The Morgan fingerprint density at radius 1 is 1.57 bits per heavy atom. The minimum Gasteiger partial charge on any atom is -0.370 e. The van der Waals surface area contributed by atoms with E-state index >= 15 is 0 Å². The lowest BCUT2D eigenvalue weighted by molar-refractivity contribution is -0.119. The summed E-state index contributed by atoms with van der Waals surface area (Å²) in [4.78, 5) is 16.9. The maximum absolute atomic E-state index is 10.9. The van der Waals surface area contributed by atoms with Crippen molar-refractivity contribution >= 4 is 23.6 Å². The summed E-state index contributed by atoms with van der Waals surface area (Å²) in [6.07, 6.45) is 0. The molecule has 14 heavy (non-hydrogen) atoms. The normalized spacial score (nSPS) is 18.1. The third kappa shape index (κ3) is 3.45. The first-order valence-electron chi connectivity index (χ1n) is 4.57. The first-order chi connectivity index (χ1) is 6.74. The van der Waals surface area contributed by atoms with Crippen LogP contribution in [0.25, 0.3) is 0 Å². The fourth-order valence-corrected chi connectivity index (χ4v) is 2.03. The zero-order valence-electron chi connectivity index (χ0n) is 8.32. The third-order valence-corrected chi connectivity index (χ3v) is 2.94. The molecule has 3 N–H and O–H groups in total. The Hall–Kier alpha value is -0.910. The van der Waals surface area contributed by atoms with Gasteiger partial charge < -0.3 is 16.0 Å². The summed E-state index contributed by atoms with van der Waals surface area (Å²) in [7, 11) is 1.59. The van der Waals surface area contributed by atoms with E-state index in [0.717, 1.165) is 24.6 Å². The van der Waals surface area contributed by atoms with Crippen LogP contribution >= 0.6 is 11.8 Å². The number of thioether (sulfide) groups is 1. The van der Waals surface area contributed by atoms with E-state index in [1.54, 1.807) is 7.05 Å². The minimum atomic E-state index is -0.112. The van der Waals surface area contributed by atoms with Gasteiger partial charge in [-0.3, -0.25) is 4.79 Å². The second-order valence-electron chi connectivity index (χ2n) is 2.95. The predicted octanol–water partition coefficient (Wildman–Crippen LogP) is -0.904. The molecule has 0 aromatic rings. The smallest absolute Gasteiger partial charge is 0.241 e. The maximum atomic E-state index is 10.9. The van der Waals surface area contributed by atoms with E-state index in [1.165, 1.54) is 0 Å². The monoisotopic (exact) mass is 216 g/mol. The van der Waals surface area contributed by atoms with Gasteiger partial charge in [0.2, 0.25) is 5.91 Å². The molecule has 0 bridgehead atoms. The Labute approximate surface area is 88.1 Å². The van der Waals surface area contributed by atoms with Crippen LogP contribution in [-0.4, -0.2) is 55.0 Å². The summed E-state index contributed by atoms with van der Waals surface area (Å²) in [5.41, 5.74) is 5.74. The standard InChI is InChI=1S/C8H16N4OS/c1-10-7(13)6-11-8(9)12-2-4-14-5-3-12/h2-6H2,1H3,(H2,9,11)(H,10,13). The van der Waals surface area contributed by atoms with Crippen molar-refractivity contribution in [2.75, 3.05) is 38.2 Å². The molecule has 1 aliphatic rings. The van der Waals surface area contributed by atoms with Crippen molar-refractivity contribution in [3.05, 3.63) is 0 Å². The molecule has 1 heterocycles. The van der Waals surface area contributed by atoms with Crippen LogP contribution in [0.1, 0.15) is 0 Å². The van der Waals surface area contributed by atoms with Crippen molar-refractivity contribution in [3.8, 4) is 0 Å². The van der Waals surface area contributed by atoms with Crippen LogP contribution in [0.5, 0.6) is 0 Å². The topological polar surface area (TPSA) is 70.7 Å². The summed E-state index contributed by atoms with van der Waals surface area (Å²) in [5, 5.41) is 2.50. The molecule has 0 aromatic carbocycles. The quantitative estimate of drug-likeness (QED) is 0.463. The molecule has 1 fully saturated rings. The zero-order valence-corrected chi connectivity index (χ0v) is 9.14. The molecule has 0 aliphatic carbocycles. The third-order valence-electron chi connectivity index (χ3n) is 2.00. The lowest BCUT2D eigenvalue weighted by Crippen LogP contribution is -2.43. The lowest BCUT2D eigenvalue weighted by Gasteiger charge is -2.27. The Bertz CT molecular complexity index is 225. The van der Waals surface area contributed by atoms with Gasteiger partial charge in [0.25, 0.3) is 0 Å². The molecule has 1 aliphatic heterocycles. The Morgan fingerprint density at radius 3 is 2.79 bits per heavy atom. The number of amides is 1. The Morgan fingerprint density at radius 2 is 2.21 bits per heavy atom. The van der Waals surface area contributed by atoms with Crippen LogP contribution in [0.2, 0.25) is 0 Å². The van der Waals surface area contributed by atoms with E-state index in [2.05, 4.69) is 10.3 Å². The SMILES string of the molecule is CNC(=O)CN=C(N)N1CCSCC1. The fourth-order valence-electron chi connectivity index (χ4n) is 1.12. The molecule has 0 atom stereocenters. The van der Waals surface area contributed by atoms with Gasteiger partial charge in [-0.15, -0.1) is 0 Å². The number of hydrogen-bond donors (Lipinski definition) is 2. The van der Waals surface area contributed by atoms with Gasteiger partial charge in [0.1, 0.15) is 6.54 Å². The largest absolute Gasteiger partial charge is 0.370 e. The van der Waals surface area contributed by atoms with Gasteiger partial charge in [0.15, 0.2) is 5.96 Å². The highest BCUT2D eigenvalue weighted by molar-refractivity contribution is 7.99.